The molecule has 1 aromatic carbocycles. The van der Waals surface area contributed by atoms with E-state index in [1.807, 2.05) is 30.3 Å². The average Bonchev–Trinajstić information content (AvgIpc) is 3.08. The fourth-order valence-electron chi connectivity index (χ4n) is 2.67. The zero-order chi connectivity index (χ0) is 14.0. The van der Waals surface area contributed by atoms with Crippen LogP contribution in [0.4, 0.5) is 0 Å². The summed E-state index contributed by atoms with van der Waals surface area (Å²) < 4.78 is 7.47. The van der Waals surface area contributed by atoms with E-state index in [4.69, 9.17) is 16.3 Å². The first-order valence-electron chi connectivity index (χ1n) is 6.75. The van der Waals surface area contributed by atoms with Crippen LogP contribution < -0.4 is 0 Å². The molecule has 5 nitrogen and oxygen atoms in total. The third-order valence-corrected chi connectivity index (χ3v) is 4.67. The second-order valence-corrected chi connectivity index (χ2v) is 5.55. The monoisotopic (exact) mass is 292 g/mol. The summed E-state index contributed by atoms with van der Waals surface area (Å²) in [5, 5.41) is 12.1. The summed E-state index contributed by atoms with van der Waals surface area (Å²) in [6.07, 6.45) is 1.79. The first-order valence-corrected chi connectivity index (χ1v) is 7.29. The molecule has 2 heterocycles. The number of tetrazole rings is 1. The summed E-state index contributed by atoms with van der Waals surface area (Å²) in [4.78, 5) is 0. The summed E-state index contributed by atoms with van der Waals surface area (Å²) in [5.41, 5.74) is 0.881. The fraction of sp³-hybridized carbons (Fsp3) is 0.500. The van der Waals surface area contributed by atoms with Gasteiger partial charge < -0.3 is 4.74 Å². The maximum atomic E-state index is 6.22. The average molecular weight is 293 g/mol. The van der Waals surface area contributed by atoms with Crippen molar-refractivity contribution < 1.29 is 4.74 Å². The van der Waals surface area contributed by atoms with Crippen LogP contribution in [0.3, 0.4) is 0 Å². The minimum absolute atomic E-state index is 0.0806. The molecule has 0 amide bonds. The first-order chi connectivity index (χ1) is 9.75. The Morgan fingerprint density at radius 3 is 2.85 bits per heavy atom. The molecule has 1 fully saturated rings. The number of hydrogen-bond donors (Lipinski definition) is 0. The van der Waals surface area contributed by atoms with Gasteiger partial charge in [-0.05, 0) is 35.9 Å². The molecule has 2 unspecified atom stereocenters. The van der Waals surface area contributed by atoms with Gasteiger partial charge in [-0.25, -0.2) is 0 Å². The van der Waals surface area contributed by atoms with E-state index in [0.29, 0.717) is 5.88 Å². The van der Waals surface area contributed by atoms with Gasteiger partial charge in [0.15, 0.2) is 5.82 Å². The molecular formula is C14H17ClN4O. The Balaban J connectivity index is 1.91. The second kappa shape index (κ2) is 5.50. The number of halogens is 1. The molecule has 0 saturated carbocycles. The van der Waals surface area contributed by atoms with Crippen molar-refractivity contribution in [3.05, 3.63) is 36.2 Å². The molecule has 0 N–H and O–H groups in total. The highest BCUT2D eigenvalue weighted by Crippen LogP contribution is 2.39. The lowest BCUT2D eigenvalue weighted by molar-refractivity contribution is 0.0724. The fourth-order valence-corrected chi connectivity index (χ4v) is 3.12. The SMILES string of the molecule is CC1OCCC1(CCl)Cc1nnnn1-c1ccccc1. The molecule has 6 heteroatoms. The van der Waals surface area contributed by atoms with E-state index in [1.54, 1.807) is 4.68 Å². The Morgan fingerprint density at radius 2 is 2.20 bits per heavy atom. The quantitative estimate of drug-likeness (QED) is 0.811. The van der Waals surface area contributed by atoms with Crippen LogP contribution in [-0.4, -0.2) is 38.8 Å². The van der Waals surface area contributed by atoms with Crippen molar-refractivity contribution in [2.24, 2.45) is 5.41 Å². The van der Waals surface area contributed by atoms with Crippen LogP contribution in [-0.2, 0) is 11.2 Å². The van der Waals surface area contributed by atoms with E-state index in [9.17, 15) is 0 Å². The van der Waals surface area contributed by atoms with E-state index < -0.39 is 0 Å². The van der Waals surface area contributed by atoms with Crippen LogP contribution in [0.15, 0.2) is 30.3 Å². The van der Waals surface area contributed by atoms with Gasteiger partial charge in [0, 0.05) is 24.3 Å². The zero-order valence-electron chi connectivity index (χ0n) is 11.4. The molecule has 1 aliphatic heterocycles. The van der Waals surface area contributed by atoms with Crippen molar-refractivity contribution in [2.75, 3.05) is 12.5 Å². The Morgan fingerprint density at radius 1 is 1.40 bits per heavy atom. The van der Waals surface area contributed by atoms with Gasteiger partial charge in [-0.1, -0.05) is 18.2 Å². The summed E-state index contributed by atoms with van der Waals surface area (Å²) in [5.74, 6) is 1.38. The number of hydrogen-bond acceptors (Lipinski definition) is 4. The number of para-hydroxylation sites is 1. The zero-order valence-corrected chi connectivity index (χ0v) is 12.1. The van der Waals surface area contributed by atoms with Gasteiger partial charge in [0.2, 0.25) is 0 Å². The van der Waals surface area contributed by atoms with Gasteiger partial charge in [0.1, 0.15) is 0 Å². The van der Waals surface area contributed by atoms with Crippen LogP contribution in [0, 0.1) is 5.41 Å². The van der Waals surface area contributed by atoms with Crippen molar-refractivity contribution in [2.45, 2.75) is 25.9 Å². The smallest absolute Gasteiger partial charge is 0.157 e. The molecule has 20 heavy (non-hydrogen) atoms. The number of rotatable bonds is 4. The molecule has 2 atom stereocenters. The maximum Gasteiger partial charge on any atom is 0.157 e. The number of nitrogens with zero attached hydrogens (tertiary/aromatic N) is 4. The minimum atomic E-state index is -0.0806. The van der Waals surface area contributed by atoms with Crippen molar-refractivity contribution in [1.29, 1.82) is 0 Å². The number of ether oxygens (including phenoxy) is 1. The molecule has 0 bridgehead atoms. The topological polar surface area (TPSA) is 52.8 Å². The lowest BCUT2D eigenvalue weighted by Crippen LogP contribution is -2.34. The number of aromatic nitrogens is 4. The van der Waals surface area contributed by atoms with Gasteiger partial charge >= 0.3 is 0 Å². The highest BCUT2D eigenvalue weighted by molar-refractivity contribution is 6.18. The van der Waals surface area contributed by atoms with Crippen molar-refractivity contribution in [3.63, 3.8) is 0 Å². The second-order valence-electron chi connectivity index (χ2n) is 5.28. The lowest BCUT2D eigenvalue weighted by Gasteiger charge is -2.29. The van der Waals surface area contributed by atoms with Gasteiger partial charge in [-0.3, -0.25) is 0 Å². The summed E-state index contributed by atoms with van der Waals surface area (Å²) in [6, 6.07) is 9.89. The Bertz CT molecular complexity index is 574. The van der Waals surface area contributed by atoms with E-state index in [1.165, 1.54) is 0 Å². The maximum absolute atomic E-state index is 6.22. The molecule has 106 valence electrons. The molecule has 0 radical (unpaired) electrons. The molecule has 1 aliphatic rings. The van der Waals surface area contributed by atoms with E-state index in [0.717, 1.165) is 31.0 Å². The first kappa shape index (κ1) is 13.5. The normalized spacial score (nSPS) is 26.0. The van der Waals surface area contributed by atoms with Crippen LogP contribution in [0.5, 0.6) is 0 Å². The van der Waals surface area contributed by atoms with Crippen LogP contribution in [0.1, 0.15) is 19.2 Å². The van der Waals surface area contributed by atoms with Gasteiger partial charge in [0.25, 0.3) is 0 Å². The summed E-state index contributed by atoms with van der Waals surface area (Å²) in [7, 11) is 0. The summed E-state index contributed by atoms with van der Waals surface area (Å²) >= 11 is 6.22. The van der Waals surface area contributed by atoms with Crippen molar-refractivity contribution in [1.82, 2.24) is 20.2 Å². The largest absolute Gasteiger partial charge is 0.378 e. The lowest BCUT2D eigenvalue weighted by atomic mass is 9.80. The van der Waals surface area contributed by atoms with E-state index in [-0.39, 0.29) is 11.5 Å². The van der Waals surface area contributed by atoms with Gasteiger partial charge in [-0.15, -0.1) is 16.7 Å². The van der Waals surface area contributed by atoms with Crippen LogP contribution in [0.2, 0.25) is 0 Å². The molecule has 0 spiro atoms. The van der Waals surface area contributed by atoms with Crippen molar-refractivity contribution >= 4 is 11.6 Å². The third kappa shape index (κ3) is 2.31. The highest BCUT2D eigenvalue weighted by atomic mass is 35.5. The van der Waals surface area contributed by atoms with Gasteiger partial charge in [-0.2, -0.15) is 4.68 Å². The highest BCUT2D eigenvalue weighted by Gasteiger charge is 2.42. The van der Waals surface area contributed by atoms with Crippen LogP contribution in [0.25, 0.3) is 5.69 Å². The Kier molecular flexibility index (Phi) is 3.72. The van der Waals surface area contributed by atoms with Crippen molar-refractivity contribution in [3.8, 4) is 5.69 Å². The molecular weight excluding hydrogens is 276 g/mol. The van der Waals surface area contributed by atoms with E-state index >= 15 is 0 Å². The minimum Gasteiger partial charge on any atom is -0.378 e. The van der Waals surface area contributed by atoms with E-state index in [2.05, 4.69) is 22.4 Å². The Labute approximate surface area is 122 Å². The molecule has 1 aromatic heterocycles. The molecule has 2 aromatic rings. The molecule has 3 rings (SSSR count). The predicted octanol–water partition coefficient (Wildman–Crippen LogP) is 2.24. The molecule has 1 saturated heterocycles. The number of alkyl halides is 1. The standard InChI is InChI=1S/C14H17ClN4O/c1-11-14(10-15,7-8-20-11)9-13-16-17-18-19(13)12-5-3-2-4-6-12/h2-6,11H,7-10H2,1H3. The predicted molar refractivity (Wildman–Crippen MR) is 76.0 cm³/mol. The molecule has 0 aliphatic carbocycles. The number of benzene rings is 1. The summed E-state index contributed by atoms with van der Waals surface area (Å²) in [6.45, 7) is 2.83. The Hall–Kier alpha value is -1.46. The van der Waals surface area contributed by atoms with Crippen LogP contribution >= 0.6 is 11.6 Å². The van der Waals surface area contributed by atoms with Gasteiger partial charge in [0.05, 0.1) is 11.8 Å². The third-order valence-electron chi connectivity index (χ3n) is 4.14.